The molecule has 0 spiro atoms. The fraction of sp³-hybridized carbons (Fsp3) is 0.478. The van der Waals surface area contributed by atoms with Crippen molar-refractivity contribution in [2.45, 2.75) is 32.4 Å². The van der Waals surface area contributed by atoms with E-state index in [1.54, 1.807) is 14.2 Å². The predicted molar refractivity (Wildman–Crippen MR) is 110 cm³/mol. The SMILES string of the molecule is CCOc1c(OC)cc(CC2CN(Cc3ccccc3)CCC2O)cc1OC. The number of benzene rings is 2. The zero-order valence-electron chi connectivity index (χ0n) is 17.1. The number of ether oxygens (including phenoxy) is 3. The van der Waals surface area contributed by atoms with Gasteiger partial charge in [-0.1, -0.05) is 30.3 Å². The molecule has 0 bridgehead atoms. The van der Waals surface area contributed by atoms with Gasteiger partial charge in [0, 0.05) is 25.6 Å². The Kier molecular flexibility index (Phi) is 7.18. The minimum Gasteiger partial charge on any atom is -0.493 e. The molecule has 28 heavy (non-hydrogen) atoms. The standard InChI is InChI=1S/C23H31NO4/c1-4-28-23-21(26-2)13-18(14-22(23)27-3)12-19-16-24(11-10-20(19)25)15-17-8-6-5-7-9-17/h5-9,13-14,19-20,25H,4,10-12,15-16H2,1-3H3. The van der Waals surface area contributed by atoms with Crippen LogP contribution >= 0.6 is 0 Å². The van der Waals surface area contributed by atoms with Crippen LogP contribution in [0.4, 0.5) is 0 Å². The molecule has 1 aliphatic heterocycles. The highest BCUT2D eigenvalue weighted by Crippen LogP contribution is 2.39. The van der Waals surface area contributed by atoms with E-state index in [4.69, 9.17) is 14.2 Å². The molecule has 1 heterocycles. The molecule has 0 amide bonds. The van der Waals surface area contributed by atoms with Gasteiger partial charge in [0.15, 0.2) is 11.5 Å². The number of aliphatic hydroxyl groups excluding tert-OH is 1. The molecular weight excluding hydrogens is 354 g/mol. The van der Waals surface area contributed by atoms with Crippen molar-refractivity contribution in [1.82, 2.24) is 4.90 Å². The van der Waals surface area contributed by atoms with E-state index in [-0.39, 0.29) is 12.0 Å². The molecule has 0 radical (unpaired) electrons. The Morgan fingerprint density at radius 2 is 1.71 bits per heavy atom. The summed E-state index contributed by atoms with van der Waals surface area (Å²) in [5.41, 5.74) is 2.39. The summed E-state index contributed by atoms with van der Waals surface area (Å²) in [7, 11) is 3.27. The average Bonchev–Trinajstić information content (AvgIpc) is 2.72. The Hall–Kier alpha value is -2.24. The van der Waals surface area contributed by atoms with Crippen molar-refractivity contribution < 1.29 is 19.3 Å². The van der Waals surface area contributed by atoms with E-state index in [9.17, 15) is 5.11 Å². The lowest BCUT2D eigenvalue weighted by atomic mass is 9.88. The second kappa shape index (κ2) is 9.80. The molecule has 0 aliphatic carbocycles. The molecule has 3 rings (SSSR count). The topological polar surface area (TPSA) is 51.2 Å². The maximum Gasteiger partial charge on any atom is 0.203 e. The first-order valence-corrected chi connectivity index (χ1v) is 9.96. The van der Waals surface area contributed by atoms with Crippen LogP contribution in [0.1, 0.15) is 24.5 Å². The van der Waals surface area contributed by atoms with Crippen LogP contribution in [0.3, 0.4) is 0 Å². The highest BCUT2D eigenvalue weighted by Gasteiger charge is 2.28. The van der Waals surface area contributed by atoms with E-state index in [1.807, 2.05) is 25.1 Å². The molecule has 5 heteroatoms. The van der Waals surface area contributed by atoms with Gasteiger partial charge in [-0.15, -0.1) is 0 Å². The third-order valence-electron chi connectivity index (χ3n) is 5.33. The highest BCUT2D eigenvalue weighted by atomic mass is 16.5. The van der Waals surface area contributed by atoms with Crippen molar-refractivity contribution in [3.63, 3.8) is 0 Å². The van der Waals surface area contributed by atoms with Crippen LogP contribution in [0.15, 0.2) is 42.5 Å². The average molecular weight is 386 g/mol. The zero-order chi connectivity index (χ0) is 19.9. The van der Waals surface area contributed by atoms with E-state index >= 15 is 0 Å². The molecule has 1 saturated heterocycles. The number of piperidine rings is 1. The summed E-state index contributed by atoms with van der Waals surface area (Å²) >= 11 is 0. The first-order chi connectivity index (χ1) is 13.6. The molecule has 2 atom stereocenters. The van der Waals surface area contributed by atoms with Crippen molar-refractivity contribution in [3.8, 4) is 17.2 Å². The Balaban J connectivity index is 1.73. The maximum absolute atomic E-state index is 10.6. The molecule has 5 nitrogen and oxygen atoms in total. The zero-order valence-corrected chi connectivity index (χ0v) is 17.1. The van der Waals surface area contributed by atoms with Crippen LogP contribution in [0.2, 0.25) is 0 Å². The van der Waals surface area contributed by atoms with Gasteiger partial charge in [-0.05, 0) is 43.0 Å². The Morgan fingerprint density at radius 3 is 2.32 bits per heavy atom. The minimum atomic E-state index is -0.296. The number of aliphatic hydroxyl groups is 1. The van der Waals surface area contributed by atoms with E-state index in [0.29, 0.717) is 23.9 Å². The Morgan fingerprint density at radius 1 is 1.04 bits per heavy atom. The molecule has 0 aromatic heterocycles. The molecular formula is C23H31NO4. The van der Waals surface area contributed by atoms with Gasteiger partial charge in [-0.3, -0.25) is 4.90 Å². The van der Waals surface area contributed by atoms with Crippen molar-refractivity contribution in [1.29, 1.82) is 0 Å². The number of hydrogen-bond acceptors (Lipinski definition) is 5. The monoisotopic (exact) mass is 385 g/mol. The van der Waals surface area contributed by atoms with Gasteiger partial charge in [-0.25, -0.2) is 0 Å². The van der Waals surface area contributed by atoms with Crippen molar-refractivity contribution in [2.75, 3.05) is 33.9 Å². The second-order valence-electron chi connectivity index (χ2n) is 7.30. The first-order valence-electron chi connectivity index (χ1n) is 9.96. The Labute approximate surface area is 167 Å². The highest BCUT2D eigenvalue weighted by molar-refractivity contribution is 5.54. The first kappa shape index (κ1) is 20.5. The van der Waals surface area contributed by atoms with Crippen LogP contribution in [-0.4, -0.2) is 50.0 Å². The lowest BCUT2D eigenvalue weighted by Gasteiger charge is -2.36. The summed E-state index contributed by atoms with van der Waals surface area (Å²) in [6.07, 6.45) is 1.27. The van der Waals surface area contributed by atoms with Gasteiger partial charge in [0.1, 0.15) is 0 Å². The van der Waals surface area contributed by atoms with Crippen LogP contribution in [0, 0.1) is 5.92 Å². The smallest absolute Gasteiger partial charge is 0.203 e. The molecule has 1 N–H and O–H groups in total. The van der Waals surface area contributed by atoms with E-state index in [2.05, 4.69) is 29.2 Å². The number of rotatable bonds is 8. The molecule has 2 unspecified atom stereocenters. The van der Waals surface area contributed by atoms with Crippen LogP contribution in [-0.2, 0) is 13.0 Å². The molecule has 1 fully saturated rings. The van der Waals surface area contributed by atoms with Gasteiger partial charge in [0.05, 0.1) is 26.9 Å². The summed E-state index contributed by atoms with van der Waals surface area (Å²) in [6, 6.07) is 14.5. The fourth-order valence-corrected chi connectivity index (χ4v) is 3.92. The molecule has 0 saturated carbocycles. The van der Waals surface area contributed by atoms with Crippen molar-refractivity contribution >= 4 is 0 Å². The van der Waals surface area contributed by atoms with Gasteiger partial charge in [0.2, 0.25) is 5.75 Å². The third kappa shape index (κ3) is 4.97. The largest absolute Gasteiger partial charge is 0.493 e. The van der Waals surface area contributed by atoms with Crippen LogP contribution in [0.5, 0.6) is 17.2 Å². The van der Waals surface area contributed by atoms with Gasteiger partial charge < -0.3 is 19.3 Å². The summed E-state index contributed by atoms with van der Waals surface area (Å²) in [5.74, 6) is 2.14. The van der Waals surface area contributed by atoms with Crippen molar-refractivity contribution in [3.05, 3.63) is 53.6 Å². The second-order valence-corrected chi connectivity index (χ2v) is 7.30. The quantitative estimate of drug-likeness (QED) is 0.753. The van der Waals surface area contributed by atoms with Gasteiger partial charge >= 0.3 is 0 Å². The summed E-state index contributed by atoms with van der Waals surface area (Å²) < 4.78 is 16.7. The maximum atomic E-state index is 10.6. The van der Waals surface area contributed by atoms with Crippen LogP contribution < -0.4 is 14.2 Å². The number of hydrogen-bond donors (Lipinski definition) is 1. The molecule has 2 aromatic carbocycles. The van der Waals surface area contributed by atoms with Gasteiger partial charge in [-0.2, -0.15) is 0 Å². The molecule has 1 aliphatic rings. The molecule has 152 valence electrons. The summed E-state index contributed by atoms with van der Waals surface area (Å²) in [5, 5.41) is 10.6. The number of methoxy groups -OCH3 is 2. The van der Waals surface area contributed by atoms with E-state index in [1.165, 1.54) is 5.56 Å². The van der Waals surface area contributed by atoms with Crippen molar-refractivity contribution in [2.24, 2.45) is 5.92 Å². The van der Waals surface area contributed by atoms with E-state index in [0.717, 1.165) is 38.0 Å². The molecule has 2 aromatic rings. The summed E-state index contributed by atoms with van der Waals surface area (Å²) in [4.78, 5) is 2.43. The predicted octanol–water partition coefficient (Wildman–Crippen LogP) is 3.53. The summed E-state index contributed by atoms with van der Waals surface area (Å²) in [6.45, 7) is 5.19. The van der Waals surface area contributed by atoms with Gasteiger partial charge in [0.25, 0.3) is 0 Å². The van der Waals surface area contributed by atoms with Crippen LogP contribution in [0.25, 0.3) is 0 Å². The lowest BCUT2D eigenvalue weighted by molar-refractivity contribution is 0.0239. The lowest BCUT2D eigenvalue weighted by Crippen LogP contribution is -2.43. The number of nitrogens with zero attached hydrogens (tertiary/aromatic N) is 1. The normalized spacial score (nSPS) is 20.0. The minimum absolute atomic E-state index is 0.171. The Bertz CT molecular complexity index is 725. The number of likely N-dealkylation sites (tertiary alicyclic amines) is 1. The van der Waals surface area contributed by atoms with E-state index < -0.39 is 0 Å². The third-order valence-corrected chi connectivity index (χ3v) is 5.33. The fourth-order valence-electron chi connectivity index (χ4n) is 3.92.